The molecule has 0 bridgehead atoms. The molecule has 0 aromatic heterocycles. The molecule has 1 atom stereocenters. The number of rotatable bonds is 2. The molecule has 0 N–H and O–H groups in total. The van der Waals surface area contributed by atoms with Crippen LogP contribution in [0.1, 0.15) is 39.5 Å². The maximum atomic E-state index is 4.38. The second-order valence-electron chi connectivity index (χ2n) is 3.26. The zero-order valence-corrected chi connectivity index (χ0v) is 7.06. The van der Waals surface area contributed by atoms with Gasteiger partial charge in [0.2, 0.25) is 0 Å². The molecule has 0 aliphatic carbocycles. The van der Waals surface area contributed by atoms with Gasteiger partial charge in [0, 0.05) is 12.3 Å². The maximum Gasteiger partial charge on any atom is 0.0391 e. The van der Waals surface area contributed by atoms with Crippen molar-refractivity contribution < 1.29 is 0 Å². The summed E-state index contributed by atoms with van der Waals surface area (Å²) in [6.45, 7) is 5.50. The van der Waals surface area contributed by atoms with E-state index in [2.05, 4.69) is 18.8 Å². The fourth-order valence-corrected chi connectivity index (χ4v) is 1.68. The minimum absolute atomic E-state index is 0.947. The molecule has 1 heterocycles. The van der Waals surface area contributed by atoms with Gasteiger partial charge in [0.15, 0.2) is 0 Å². The van der Waals surface area contributed by atoms with E-state index in [1.807, 2.05) is 0 Å². The van der Waals surface area contributed by atoms with Crippen molar-refractivity contribution in [3.05, 3.63) is 0 Å². The lowest BCUT2D eigenvalue weighted by atomic mass is 9.92. The van der Waals surface area contributed by atoms with Crippen LogP contribution in [-0.2, 0) is 0 Å². The maximum absolute atomic E-state index is 4.38. The van der Waals surface area contributed by atoms with Gasteiger partial charge in [-0.05, 0) is 25.7 Å². The second kappa shape index (κ2) is 3.75. The van der Waals surface area contributed by atoms with Gasteiger partial charge in [-0.2, -0.15) is 0 Å². The van der Waals surface area contributed by atoms with Gasteiger partial charge in [0.05, 0.1) is 0 Å². The van der Waals surface area contributed by atoms with Gasteiger partial charge in [-0.1, -0.05) is 19.8 Å². The highest BCUT2D eigenvalue weighted by molar-refractivity contribution is 5.82. The number of aliphatic imine (C=N–C) groups is 1. The molecule has 1 unspecified atom stereocenters. The van der Waals surface area contributed by atoms with Crippen molar-refractivity contribution in [2.75, 3.05) is 6.54 Å². The van der Waals surface area contributed by atoms with E-state index in [0.29, 0.717) is 0 Å². The van der Waals surface area contributed by atoms with E-state index >= 15 is 0 Å². The third-order valence-electron chi connectivity index (χ3n) is 2.20. The van der Waals surface area contributed by atoms with E-state index in [4.69, 9.17) is 0 Å². The molecule has 0 saturated heterocycles. The fraction of sp³-hybridized carbons (Fsp3) is 0.889. The van der Waals surface area contributed by atoms with Crippen LogP contribution in [0.5, 0.6) is 0 Å². The largest absolute Gasteiger partial charge is 0.294 e. The Bertz CT molecular complexity index is 127. The summed E-state index contributed by atoms with van der Waals surface area (Å²) in [5.74, 6) is 0.947. The molecule has 1 aliphatic heterocycles. The van der Waals surface area contributed by atoms with Crippen LogP contribution in [0.2, 0.25) is 0 Å². The second-order valence-corrected chi connectivity index (χ2v) is 3.26. The van der Waals surface area contributed by atoms with E-state index in [9.17, 15) is 0 Å². The number of hydrogen-bond donors (Lipinski definition) is 0. The van der Waals surface area contributed by atoms with Gasteiger partial charge in [0.25, 0.3) is 0 Å². The van der Waals surface area contributed by atoms with Gasteiger partial charge in [-0.3, -0.25) is 4.99 Å². The van der Waals surface area contributed by atoms with Crippen LogP contribution >= 0.6 is 0 Å². The van der Waals surface area contributed by atoms with Crippen molar-refractivity contribution in [3.8, 4) is 0 Å². The SMILES string of the molecule is CCCC1CCN=C(C)C1. The molecule has 1 nitrogen and oxygen atoms in total. The van der Waals surface area contributed by atoms with Gasteiger partial charge >= 0.3 is 0 Å². The molecule has 0 saturated carbocycles. The smallest absolute Gasteiger partial charge is 0.0391 e. The van der Waals surface area contributed by atoms with Crippen molar-refractivity contribution in [3.63, 3.8) is 0 Å². The topological polar surface area (TPSA) is 12.4 Å². The summed E-state index contributed by atoms with van der Waals surface area (Å²) < 4.78 is 0. The molecule has 1 rings (SSSR count). The molecular weight excluding hydrogens is 122 g/mol. The van der Waals surface area contributed by atoms with Crippen LogP contribution in [0.3, 0.4) is 0 Å². The van der Waals surface area contributed by atoms with E-state index in [-0.39, 0.29) is 0 Å². The monoisotopic (exact) mass is 139 g/mol. The minimum Gasteiger partial charge on any atom is -0.294 e. The number of hydrogen-bond acceptors (Lipinski definition) is 1. The van der Waals surface area contributed by atoms with Crippen LogP contribution in [-0.4, -0.2) is 12.3 Å². The summed E-state index contributed by atoms with van der Waals surface area (Å²) in [5.41, 5.74) is 1.37. The van der Waals surface area contributed by atoms with Crippen LogP contribution in [0.4, 0.5) is 0 Å². The first-order valence-electron chi connectivity index (χ1n) is 4.33. The average Bonchev–Trinajstić information content (AvgIpc) is 1.88. The van der Waals surface area contributed by atoms with Crippen LogP contribution < -0.4 is 0 Å². The lowest BCUT2D eigenvalue weighted by Crippen LogP contribution is -2.13. The Hall–Kier alpha value is -0.330. The van der Waals surface area contributed by atoms with Gasteiger partial charge in [-0.15, -0.1) is 0 Å². The molecule has 58 valence electrons. The van der Waals surface area contributed by atoms with Crippen molar-refractivity contribution in [1.29, 1.82) is 0 Å². The molecule has 1 aliphatic rings. The van der Waals surface area contributed by atoms with Crippen molar-refractivity contribution in [2.45, 2.75) is 39.5 Å². The first kappa shape index (κ1) is 7.77. The third kappa shape index (κ3) is 2.13. The van der Waals surface area contributed by atoms with Crippen LogP contribution in [0.25, 0.3) is 0 Å². The van der Waals surface area contributed by atoms with E-state index in [0.717, 1.165) is 12.5 Å². The Labute approximate surface area is 63.5 Å². The van der Waals surface area contributed by atoms with E-state index in [1.54, 1.807) is 0 Å². The summed E-state index contributed by atoms with van der Waals surface area (Å²) in [6, 6.07) is 0. The summed E-state index contributed by atoms with van der Waals surface area (Å²) >= 11 is 0. The molecule has 0 aromatic rings. The summed E-state index contributed by atoms with van der Waals surface area (Å²) in [4.78, 5) is 4.38. The van der Waals surface area contributed by atoms with Crippen LogP contribution in [0.15, 0.2) is 4.99 Å². The molecule has 0 spiro atoms. The lowest BCUT2D eigenvalue weighted by Gasteiger charge is -2.19. The molecular formula is C9H17N. The Morgan fingerprint density at radius 1 is 1.60 bits per heavy atom. The Morgan fingerprint density at radius 3 is 3.00 bits per heavy atom. The zero-order chi connectivity index (χ0) is 7.40. The van der Waals surface area contributed by atoms with Crippen molar-refractivity contribution in [2.24, 2.45) is 10.9 Å². The van der Waals surface area contributed by atoms with Crippen LogP contribution in [0, 0.1) is 5.92 Å². The fourth-order valence-electron chi connectivity index (χ4n) is 1.68. The molecule has 0 fully saturated rings. The summed E-state index contributed by atoms with van der Waals surface area (Å²) in [7, 11) is 0. The Kier molecular flexibility index (Phi) is 2.91. The Balaban J connectivity index is 2.30. The molecule has 0 amide bonds. The van der Waals surface area contributed by atoms with Crippen molar-refractivity contribution in [1.82, 2.24) is 0 Å². The molecule has 1 heteroatoms. The quantitative estimate of drug-likeness (QED) is 0.557. The molecule has 0 radical (unpaired) electrons. The lowest BCUT2D eigenvalue weighted by molar-refractivity contribution is 0.452. The van der Waals surface area contributed by atoms with Crippen molar-refractivity contribution >= 4 is 5.71 Å². The summed E-state index contributed by atoms with van der Waals surface area (Å²) in [6.07, 6.45) is 5.31. The highest BCUT2D eigenvalue weighted by Gasteiger charge is 2.12. The normalized spacial score (nSPS) is 26.2. The summed E-state index contributed by atoms with van der Waals surface area (Å²) in [5, 5.41) is 0. The molecule has 10 heavy (non-hydrogen) atoms. The van der Waals surface area contributed by atoms with Gasteiger partial charge in [-0.25, -0.2) is 0 Å². The average molecular weight is 139 g/mol. The predicted octanol–water partition coefficient (Wildman–Crippen LogP) is 2.66. The highest BCUT2D eigenvalue weighted by Crippen LogP contribution is 2.19. The van der Waals surface area contributed by atoms with Gasteiger partial charge in [0.1, 0.15) is 0 Å². The van der Waals surface area contributed by atoms with E-state index in [1.165, 1.54) is 31.4 Å². The first-order chi connectivity index (χ1) is 4.83. The predicted molar refractivity (Wildman–Crippen MR) is 45.6 cm³/mol. The number of nitrogens with zero attached hydrogens (tertiary/aromatic N) is 1. The first-order valence-corrected chi connectivity index (χ1v) is 4.33. The standard InChI is InChI=1S/C9H17N/c1-3-4-9-5-6-10-8(2)7-9/h9H,3-7H2,1-2H3. The third-order valence-corrected chi connectivity index (χ3v) is 2.20. The Morgan fingerprint density at radius 2 is 2.40 bits per heavy atom. The molecule has 0 aromatic carbocycles. The van der Waals surface area contributed by atoms with E-state index < -0.39 is 0 Å². The minimum atomic E-state index is 0.947. The zero-order valence-electron chi connectivity index (χ0n) is 7.06. The highest BCUT2D eigenvalue weighted by atomic mass is 14.7. The van der Waals surface area contributed by atoms with Gasteiger partial charge < -0.3 is 0 Å².